The number of nitrogens with two attached hydrogens (primary N) is 1. The first-order chi connectivity index (χ1) is 7.65. The van der Waals surface area contributed by atoms with Gasteiger partial charge in [-0.15, -0.1) is 0 Å². The van der Waals surface area contributed by atoms with E-state index < -0.39 is 0 Å². The Morgan fingerprint density at radius 2 is 2.06 bits per heavy atom. The Morgan fingerprint density at radius 1 is 1.25 bits per heavy atom. The van der Waals surface area contributed by atoms with Gasteiger partial charge in [0, 0.05) is 38.3 Å². The maximum absolute atomic E-state index is 6.06. The fourth-order valence-electron chi connectivity index (χ4n) is 3.28. The van der Waals surface area contributed by atoms with Crippen LogP contribution < -0.4 is 5.73 Å². The van der Waals surface area contributed by atoms with Crippen LogP contribution in [0.4, 0.5) is 0 Å². The fourth-order valence-corrected chi connectivity index (χ4v) is 3.28. The van der Waals surface area contributed by atoms with Gasteiger partial charge in [0.15, 0.2) is 0 Å². The van der Waals surface area contributed by atoms with Crippen LogP contribution in [0.15, 0.2) is 0 Å². The number of likely N-dealkylation sites (N-methyl/N-ethyl adjacent to an activating group) is 1. The van der Waals surface area contributed by atoms with Crippen LogP contribution in [-0.4, -0.2) is 55.1 Å². The number of hydrogen-bond acceptors (Lipinski definition) is 3. The van der Waals surface area contributed by atoms with Gasteiger partial charge in [-0.3, -0.25) is 4.90 Å². The molecule has 1 aliphatic carbocycles. The quantitative estimate of drug-likeness (QED) is 0.765. The summed E-state index contributed by atoms with van der Waals surface area (Å²) < 4.78 is 0. The van der Waals surface area contributed by atoms with Gasteiger partial charge < -0.3 is 10.6 Å². The molecule has 0 spiro atoms. The van der Waals surface area contributed by atoms with Crippen LogP contribution in [-0.2, 0) is 0 Å². The lowest BCUT2D eigenvalue weighted by molar-refractivity contribution is 0.0762. The molecular formula is C13H27N3. The molecule has 0 aromatic carbocycles. The molecule has 3 unspecified atom stereocenters. The van der Waals surface area contributed by atoms with Crippen LogP contribution in [0.2, 0.25) is 0 Å². The van der Waals surface area contributed by atoms with Crippen molar-refractivity contribution in [3.8, 4) is 0 Å². The summed E-state index contributed by atoms with van der Waals surface area (Å²) in [4.78, 5) is 5.11. The van der Waals surface area contributed by atoms with Crippen molar-refractivity contribution in [1.82, 2.24) is 9.80 Å². The highest BCUT2D eigenvalue weighted by Crippen LogP contribution is 2.25. The Morgan fingerprint density at radius 3 is 2.75 bits per heavy atom. The first kappa shape index (κ1) is 12.3. The predicted octanol–water partition coefficient (Wildman–Crippen LogP) is 1.14. The number of hydrogen-bond donors (Lipinski definition) is 1. The van der Waals surface area contributed by atoms with Gasteiger partial charge in [-0.2, -0.15) is 0 Å². The Balaban J connectivity index is 1.80. The van der Waals surface area contributed by atoms with Crippen LogP contribution in [0.25, 0.3) is 0 Å². The van der Waals surface area contributed by atoms with E-state index in [1.165, 1.54) is 51.9 Å². The van der Waals surface area contributed by atoms with Crippen molar-refractivity contribution in [3.05, 3.63) is 0 Å². The molecule has 1 saturated heterocycles. The Bertz CT molecular complexity index is 219. The van der Waals surface area contributed by atoms with Crippen molar-refractivity contribution in [2.75, 3.05) is 33.2 Å². The molecule has 1 saturated carbocycles. The van der Waals surface area contributed by atoms with E-state index in [1.807, 2.05) is 0 Å². The minimum absolute atomic E-state index is 0.474. The molecule has 0 radical (unpaired) electrons. The zero-order valence-electron chi connectivity index (χ0n) is 10.9. The van der Waals surface area contributed by atoms with Gasteiger partial charge in [0.1, 0.15) is 0 Å². The number of rotatable bonds is 2. The van der Waals surface area contributed by atoms with E-state index in [9.17, 15) is 0 Å². The molecule has 1 heterocycles. The molecule has 0 amide bonds. The van der Waals surface area contributed by atoms with Gasteiger partial charge in [-0.1, -0.05) is 6.42 Å². The number of piperazine rings is 1. The van der Waals surface area contributed by atoms with Crippen LogP contribution >= 0.6 is 0 Å². The highest BCUT2D eigenvalue weighted by atomic mass is 15.3. The van der Waals surface area contributed by atoms with Crippen LogP contribution in [0.3, 0.4) is 0 Å². The van der Waals surface area contributed by atoms with Gasteiger partial charge in [-0.05, 0) is 39.2 Å². The average molecular weight is 225 g/mol. The molecule has 2 N–H and O–H groups in total. The zero-order chi connectivity index (χ0) is 11.5. The average Bonchev–Trinajstić information content (AvgIpc) is 2.22. The molecule has 94 valence electrons. The van der Waals surface area contributed by atoms with Gasteiger partial charge >= 0.3 is 0 Å². The lowest BCUT2D eigenvalue weighted by atomic mass is 9.85. The SMILES string of the molecule is CC1CN(C)CCN1CC1CCCC(N)C1. The first-order valence-electron chi connectivity index (χ1n) is 6.83. The van der Waals surface area contributed by atoms with Crippen LogP contribution in [0.5, 0.6) is 0 Å². The monoisotopic (exact) mass is 225 g/mol. The summed E-state index contributed by atoms with van der Waals surface area (Å²) in [5.74, 6) is 0.856. The van der Waals surface area contributed by atoms with Gasteiger partial charge in [0.25, 0.3) is 0 Å². The molecule has 2 fully saturated rings. The molecule has 0 aromatic rings. The van der Waals surface area contributed by atoms with Gasteiger partial charge in [0.2, 0.25) is 0 Å². The molecule has 1 aliphatic heterocycles. The van der Waals surface area contributed by atoms with Gasteiger partial charge in [-0.25, -0.2) is 0 Å². The normalized spacial score (nSPS) is 38.8. The van der Waals surface area contributed by atoms with Crippen molar-refractivity contribution in [2.24, 2.45) is 11.7 Å². The van der Waals surface area contributed by atoms with Crippen molar-refractivity contribution in [3.63, 3.8) is 0 Å². The lowest BCUT2D eigenvalue weighted by Gasteiger charge is -2.41. The van der Waals surface area contributed by atoms with Crippen molar-refractivity contribution in [2.45, 2.75) is 44.7 Å². The number of nitrogens with zero attached hydrogens (tertiary/aromatic N) is 2. The lowest BCUT2D eigenvalue weighted by Crippen LogP contribution is -2.52. The molecule has 2 rings (SSSR count). The molecule has 3 nitrogen and oxygen atoms in total. The Labute approximate surface area is 100.0 Å². The molecule has 3 atom stereocenters. The second-order valence-corrected chi connectivity index (χ2v) is 5.90. The van der Waals surface area contributed by atoms with Crippen LogP contribution in [0.1, 0.15) is 32.6 Å². The topological polar surface area (TPSA) is 32.5 Å². The third-order valence-corrected chi connectivity index (χ3v) is 4.28. The van der Waals surface area contributed by atoms with E-state index in [0.717, 1.165) is 12.0 Å². The van der Waals surface area contributed by atoms with E-state index in [4.69, 9.17) is 5.73 Å². The van der Waals surface area contributed by atoms with Crippen molar-refractivity contribution >= 4 is 0 Å². The zero-order valence-corrected chi connectivity index (χ0v) is 10.9. The third kappa shape index (κ3) is 3.19. The van der Waals surface area contributed by atoms with Gasteiger partial charge in [0.05, 0.1) is 0 Å². The summed E-state index contributed by atoms with van der Waals surface area (Å²) in [6.45, 7) is 7.33. The van der Waals surface area contributed by atoms with Crippen LogP contribution in [0, 0.1) is 5.92 Å². The fraction of sp³-hybridized carbons (Fsp3) is 1.00. The molecule has 3 heteroatoms. The summed E-state index contributed by atoms with van der Waals surface area (Å²) in [5.41, 5.74) is 6.06. The predicted molar refractivity (Wildman–Crippen MR) is 68.5 cm³/mol. The summed E-state index contributed by atoms with van der Waals surface area (Å²) >= 11 is 0. The second kappa shape index (κ2) is 5.48. The smallest absolute Gasteiger partial charge is 0.0195 e. The summed E-state index contributed by atoms with van der Waals surface area (Å²) in [7, 11) is 2.23. The summed E-state index contributed by atoms with van der Waals surface area (Å²) in [5, 5.41) is 0. The largest absolute Gasteiger partial charge is 0.328 e. The maximum atomic E-state index is 6.06. The highest BCUT2D eigenvalue weighted by Gasteiger charge is 2.26. The summed E-state index contributed by atoms with van der Waals surface area (Å²) in [6, 6.07) is 1.19. The summed E-state index contributed by atoms with van der Waals surface area (Å²) in [6.07, 6.45) is 5.23. The standard InChI is InChI=1S/C13H27N3/c1-11-9-15(2)6-7-16(11)10-12-4-3-5-13(14)8-12/h11-13H,3-10,14H2,1-2H3. The Hall–Kier alpha value is -0.120. The highest BCUT2D eigenvalue weighted by molar-refractivity contribution is 4.82. The van der Waals surface area contributed by atoms with Crippen molar-refractivity contribution < 1.29 is 0 Å². The molecule has 0 aromatic heterocycles. The Kier molecular flexibility index (Phi) is 4.22. The molecule has 0 bridgehead atoms. The minimum Gasteiger partial charge on any atom is -0.328 e. The first-order valence-corrected chi connectivity index (χ1v) is 6.83. The van der Waals surface area contributed by atoms with Crippen molar-refractivity contribution in [1.29, 1.82) is 0 Å². The molecular weight excluding hydrogens is 198 g/mol. The van der Waals surface area contributed by atoms with E-state index in [0.29, 0.717) is 6.04 Å². The van der Waals surface area contributed by atoms with E-state index in [-0.39, 0.29) is 0 Å². The maximum Gasteiger partial charge on any atom is 0.0195 e. The van der Waals surface area contributed by atoms with E-state index >= 15 is 0 Å². The van der Waals surface area contributed by atoms with E-state index in [2.05, 4.69) is 23.8 Å². The molecule has 2 aliphatic rings. The third-order valence-electron chi connectivity index (χ3n) is 4.28. The molecule has 16 heavy (non-hydrogen) atoms. The second-order valence-electron chi connectivity index (χ2n) is 5.90. The minimum atomic E-state index is 0.474. The van der Waals surface area contributed by atoms with E-state index in [1.54, 1.807) is 0 Å².